The van der Waals surface area contributed by atoms with Crippen LogP contribution in [0, 0.1) is 0 Å². The fraction of sp³-hybridized carbons (Fsp3) is 0.593. The first-order chi connectivity index (χ1) is 20.7. The zero-order valence-corrected chi connectivity index (χ0v) is 28.5. The summed E-state index contributed by atoms with van der Waals surface area (Å²) in [6.07, 6.45) is -0.413. The summed E-state index contributed by atoms with van der Waals surface area (Å²) in [6.45, 7) is 14.6. The van der Waals surface area contributed by atoms with Crippen molar-refractivity contribution in [2.75, 3.05) is 11.1 Å². The van der Waals surface area contributed by atoms with Gasteiger partial charge in [-0.2, -0.15) is 0 Å². The molecule has 1 aromatic heterocycles. The molecule has 0 bridgehead atoms. The van der Waals surface area contributed by atoms with Crippen LogP contribution in [0.2, 0.25) is 0 Å². The number of carbonyl (C=O) groups is 5. The number of ether oxygens (including phenoxy) is 2. The second-order valence-electron chi connectivity index (χ2n) is 12.6. The zero-order chi connectivity index (χ0) is 34.1. The van der Waals surface area contributed by atoms with Gasteiger partial charge in [-0.25, -0.2) is 19.4 Å². The van der Waals surface area contributed by atoms with Gasteiger partial charge in [0.25, 0.3) is 11.8 Å². The average Bonchev–Trinajstić information content (AvgIpc) is 3.36. The predicted octanol–water partition coefficient (Wildman–Crippen LogP) is 1.50. The summed E-state index contributed by atoms with van der Waals surface area (Å²) in [5, 5.41) is 9.34. The van der Waals surface area contributed by atoms with Crippen molar-refractivity contribution in [1.82, 2.24) is 15.2 Å². The van der Waals surface area contributed by atoms with Gasteiger partial charge in [-0.05, 0) is 73.0 Å². The molecule has 3 amide bonds. The van der Waals surface area contributed by atoms with Crippen LogP contribution in [0.1, 0.15) is 74.4 Å². The highest BCUT2D eigenvalue weighted by Gasteiger charge is 2.61. The Labute approximate surface area is 269 Å². The van der Waals surface area contributed by atoms with Gasteiger partial charge >= 0.3 is 26.1 Å². The molecule has 2 N–H and O–H groups in total. The summed E-state index contributed by atoms with van der Waals surface area (Å²) in [6, 6.07) is -1.28. The Kier molecular flexibility index (Phi) is 10.7. The third-order valence-corrected chi connectivity index (χ3v) is 8.53. The minimum atomic E-state index is -1.66. The van der Waals surface area contributed by atoms with E-state index in [1.54, 1.807) is 48.5 Å². The van der Waals surface area contributed by atoms with Crippen LogP contribution in [0.25, 0.3) is 0 Å². The van der Waals surface area contributed by atoms with Gasteiger partial charge in [-0.15, -0.1) is 11.3 Å². The topological polar surface area (TPSA) is 198 Å². The summed E-state index contributed by atoms with van der Waals surface area (Å²) in [4.78, 5) is 75.2. The van der Waals surface area contributed by atoms with Crippen LogP contribution >= 0.6 is 11.3 Å². The van der Waals surface area contributed by atoms with E-state index in [0.29, 0.717) is 12.0 Å². The number of thiazole rings is 1. The van der Waals surface area contributed by atoms with Gasteiger partial charge in [-0.3, -0.25) is 19.8 Å². The lowest BCUT2D eigenvalue weighted by atomic mass is 10.0. The molecule has 18 heteroatoms. The second-order valence-corrected chi connectivity index (χ2v) is 15.0. The number of hydrogen-bond acceptors (Lipinski definition) is 13. The predicted molar refractivity (Wildman–Crippen MR) is 167 cm³/mol. The van der Waals surface area contributed by atoms with Gasteiger partial charge < -0.3 is 28.8 Å². The van der Waals surface area contributed by atoms with Crippen molar-refractivity contribution in [3.05, 3.63) is 22.3 Å². The van der Waals surface area contributed by atoms with Gasteiger partial charge in [-0.1, -0.05) is 12.1 Å². The maximum Gasteiger partial charge on any atom is 0.413 e. The van der Waals surface area contributed by atoms with Crippen molar-refractivity contribution in [1.29, 1.82) is 0 Å². The maximum atomic E-state index is 13.6. The Bertz CT molecular complexity index is 1430. The summed E-state index contributed by atoms with van der Waals surface area (Å²) < 4.78 is 28.6. The number of rotatable bonds is 9. The van der Waals surface area contributed by atoms with Crippen LogP contribution in [0.4, 0.5) is 9.93 Å². The quantitative estimate of drug-likeness (QED) is 0.0967. The SMILES string of the molecule is BOC(=O)C1=C(CC)C[S+]([O-])[C@@H]2[C@H](NC(=O)/C(=N\OC(C)(C)C(=O)OC(C)(C)C)c3csc(NC(=O)OC(C)(C)C)n3)C(=O)N12. The molecule has 3 heterocycles. The van der Waals surface area contributed by atoms with E-state index in [-0.39, 0.29) is 22.3 Å². The molecule has 45 heavy (non-hydrogen) atoms. The summed E-state index contributed by atoms with van der Waals surface area (Å²) in [5.41, 5.74) is -3.28. The first-order valence-electron chi connectivity index (χ1n) is 14.0. The maximum absolute atomic E-state index is 13.6. The highest BCUT2D eigenvalue weighted by molar-refractivity contribution is 7.92. The third kappa shape index (κ3) is 8.55. The zero-order valence-electron chi connectivity index (χ0n) is 26.9. The van der Waals surface area contributed by atoms with Gasteiger partial charge in [0.1, 0.15) is 28.3 Å². The number of aromatic nitrogens is 1. The van der Waals surface area contributed by atoms with Crippen molar-refractivity contribution >= 4 is 71.3 Å². The minimum Gasteiger partial charge on any atom is -0.614 e. The Morgan fingerprint density at radius 3 is 2.31 bits per heavy atom. The fourth-order valence-corrected chi connectivity index (χ4v) is 6.52. The summed E-state index contributed by atoms with van der Waals surface area (Å²) in [5.74, 6) is -3.13. The molecular formula is C27H38BN5O10S2. The van der Waals surface area contributed by atoms with E-state index in [2.05, 4.69) is 20.8 Å². The fourth-order valence-electron chi connectivity index (χ4n) is 4.05. The highest BCUT2D eigenvalue weighted by Crippen LogP contribution is 2.38. The Balaban J connectivity index is 1.92. The van der Waals surface area contributed by atoms with Gasteiger partial charge in [0.15, 0.2) is 16.9 Å². The van der Waals surface area contributed by atoms with Gasteiger partial charge in [0.05, 0.1) is 0 Å². The van der Waals surface area contributed by atoms with Crippen molar-refractivity contribution in [3.63, 3.8) is 0 Å². The summed E-state index contributed by atoms with van der Waals surface area (Å²) in [7, 11) is 1.17. The van der Waals surface area contributed by atoms with Crippen molar-refractivity contribution < 1.29 is 47.5 Å². The number of nitrogens with one attached hydrogen (secondary N) is 2. The molecule has 0 spiro atoms. The largest absolute Gasteiger partial charge is 0.614 e. The van der Waals surface area contributed by atoms with E-state index in [9.17, 15) is 28.5 Å². The number of fused-ring (bicyclic) bond motifs is 1. The minimum absolute atomic E-state index is 0.00814. The standard InChI is InChI=1S/C27H38BN5O10S2/c1-10-13-12-45(39)20-16(19(35)33(20)17(13)21(36)42-28)30-18(34)15(32-43-27(8,9)22(37)40-25(2,3)4)14-11-44-23(29-14)31-24(38)41-26(5,6)7/h11,16,20H,10,12,28H2,1-9H3,(H,30,34)(H,29,31,38)/b32-15-/t16-,20-,45?/m1/s1. The molecule has 3 atom stereocenters. The van der Waals surface area contributed by atoms with E-state index < -0.39 is 75.0 Å². The number of carbonyl (C=O) groups excluding carboxylic acids is 5. The van der Waals surface area contributed by atoms with Crippen LogP contribution in [-0.4, -0.2) is 92.0 Å². The Morgan fingerprint density at radius 1 is 1.13 bits per heavy atom. The van der Waals surface area contributed by atoms with Gasteiger partial charge in [0.2, 0.25) is 11.0 Å². The molecule has 2 aliphatic rings. The van der Waals surface area contributed by atoms with Crippen LogP contribution in [0.3, 0.4) is 0 Å². The molecule has 1 fully saturated rings. The number of amides is 3. The molecule has 1 aromatic rings. The summed E-state index contributed by atoms with van der Waals surface area (Å²) >= 11 is -0.699. The third-order valence-electron chi connectivity index (χ3n) is 6.12. The van der Waals surface area contributed by atoms with E-state index in [4.69, 9.17) is 19.0 Å². The van der Waals surface area contributed by atoms with E-state index >= 15 is 0 Å². The van der Waals surface area contributed by atoms with E-state index in [1.165, 1.54) is 27.3 Å². The Morgan fingerprint density at radius 2 is 1.76 bits per heavy atom. The molecule has 15 nitrogen and oxygen atoms in total. The van der Waals surface area contributed by atoms with Crippen LogP contribution in [0.15, 0.2) is 21.8 Å². The molecule has 1 unspecified atom stereocenters. The normalized spacial score (nSPS) is 20.5. The smallest absolute Gasteiger partial charge is 0.413 e. The van der Waals surface area contributed by atoms with Crippen molar-refractivity contribution in [3.8, 4) is 0 Å². The number of oxime groups is 1. The monoisotopic (exact) mass is 667 g/mol. The highest BCUT2D eigenvalue weighted by atomic mass is 32.2. The van der Waals surface area contributed by atoms with E-state index in [0.717, 1.165) is 16.2 Å². The molecule has 246 valence electrons. The molecular weight excluding hydrogens is 629 g/mol. The molecule has 0 aromatic carbocycles. The lowest BCUT2D eigenvalue weighted by molar-refractivity contribution is -0.179. The second kappa shape index (κ2) is 13.4. The number of β-lactam (4-membered cyclic amide) rings is 1. The van der Waals surface area contributed by atoms with Crippen LogP contribution in [-0.2, 0) is 49.3 Å². The number of esters is 1. The lowest BCUT2D eigenvalue weighted by Gasteiger charge is -2.49. The lowest BCUT2D eigenvalue weighted by Crippen LogP contribution is -2.75. The first-order valence-corrected chi connectivity index (χ1v) is 16.2. The van der Waals surface area contributed by atoms with Crippen molar-refractivity contribution in [2.24, 2.45) is 5.16 Å². The molecule has 0 radical (unpaired) electrons. The molecule has 0 aliphatic carbocycles. The molecule has 2 aliphatic heterocycles. The molecule has 0 saturated carbocycles. The van der Waals surface area contributed by atoms with Crippen molar-refractivity contribution in [2.45, 2.75) is 97.0 Å². The molecule has 3 rings (SSSR count). The van der Waals surface area contributed by atoms with E-state index in [1.807, 2.05) is 0 Å². The number of hydrogen-bond donors (Lipinski definition) is 2. The number of nitrogens with zero attached hydrogens (tertiary/aromatic N) is 3. The average molecular weight is 668 g/mol. The molecule has 1 saturated heterocycles. The van der Waals surface area contributed by atoms with Crippen LogP contribution < -0.4 is 10.6 Å². The number of anilines is 1. The van der Waals surface area contributed by atoms with Gasteiger partial charge in [0, 0.05) is 11.0 Å². The Hall–Kier alpha value is -3.64. The first kappa shape index (κ1) is 35.8. The van der Waals surface area contributed by atoms with Crippen LogP contribution in [0.5, 0.6) is 0 Å².